The van der Waals surface area contributed by atoms with Crippen LogP contribution in [-0.2, 0) is 6.42 Å². The van der Waals surface area contributed by atoms with Gasteiger partial charge in [0.05, 0.1) is 11.7 Å². The molecule has 2 heterocycles. The molecule has 0 aliphatic rings. The average Bonchev–Trinajstić information content (AvgIpc) is 2.88. The quantitative estimate of drug-likeness (QED) is 0.513. The third kappa shape index (κ3) is 2.99. The molecule has 2 nitrogen and oxygen atoms in total. The van der Waals surface area contributed by atoms with Gasteiger partial charge in [0.2, 0.25) is 0 Å². The van der Waals surface area contributed by atoms with Gasteiger partial charge in [-0.1, -0.05) is 48.2 Å². The van der Waals surface area contributed by atoms with E-state index in [2.05, 4.69) is 52.0 Å². The van der Waals surface area contributed by atoms with Crippen molar-refractivity contribution in [3.8, 4) is 0 Å². The number of aromatic nitrogens is 2. The first kappa shape index (κ1) is 12.3. The number of imidazole rings is 1. The van der Waals surface area contributed by atoms with Crippen molar-refractivity contribution in [3.05, 3.63) is 66.5 Å². The maximum atomic E-state index is 4.47. The fourth-order valence-electron chi connectivity index (χ4n) is 2.11. The summed E-state index contributed by atoms with van der Waals surface area (Å²) < 4.78 is 2.15. The molecule has 0 spiro atoms. The summed E-state index contributed by atoms with van der Waals surface area (Å²) >= 11 is 1.83. The monoisotopic (exact) mass is 268 g/mol. The van der Waals surface area contributed by atoms with Gasteiger partial charge in [-0.15, -0.1) is 0 Å². The van der Waals surface area contributed by atoms with E-state index >= 15 is 0 Å². The highest BCUT2D eigenvalue weighted by molar-refractivity contribution is 7.99. The summed E-state index contributed by atoms with van der Waals surface area (Å²) in [6.07, 6.45) is 6.31. The van der Waals surface area contributed by atoms with Gasteiger partial charge in [-0.25, -0.2) is 4.98 Å². The lowest BCUT2D eigenvalue weighted by Gasteiger charge is -2.02. The molecule has 0 radical (unpaired) electrons. The van der Waals surface area contributed by atoms with Crippen molar-refractivity contribution in [2.75, 3.05) is 5.75 Å². The number of rotatable bonds is 5. The Morgan fingerprint density at radius 2 is 1.84 bits per heavy atom. The van der Waals surface area contributed by atoms with Crippen molar-refractivity contribution < 1.29 is 0 Å². The fourth-order valence-corrected chi connectivity index (χ4v) is 3.01. The number of nitrogens with zero attached hydrogens (tertiary/aromatic N) is 2. The Balaban J connectivity index is 1.55. The van der Waals surface area contributed by atoms with E-state index in [-0.39, 0.29) is 0 Å². The molecule has 0 bridgehead atoms. The highest BCUT2D eigenvalue weighted by Crippen LogP contribution is 2.19. The van der Waals surface area contributed by atoms with Crippen LogP contribution in [0, 0.1) is 0 Å². The molecule has 0 saturated carbocycles. The maximum absolute atomic E-state index is 4.47. The van der Waals surface area contributed by atoms with Gasteiger partial charge in [0.25, 0.3) is 0 Å². The summed E-state index contributed by atoms with van der Waals surface area (Å²) in [5.41, 5.74) is 2.57. The molecule has 0 amide bonds. The van der Waals surface area contributed by atoms with Crippen LogP contribution in [0.4, 0.5) is 0 Å². The van der Waals surface area contributed by atoms with Crippen molar-refractivity contribution in [2.45, 2.75) is 18.0 Å². The molecule has 0 fully saturated rings. The lowest BCUT2D eigenvalue weighted by molar-refractivity contribution is 0.915. The van der Waals surface area contributed by atoms with Crippen LogP contribution in [0.3, 0.4) is 0 Å². The topological polar surface area (TPSA) is 17.3 Å². The lowest BCUT2D eigenvalue weighted by atomic mass is 10.1. The molecule has 0 N–H and O–H groups in total. The van der Waals surface area contributed by atoms with Crippen molar-refractivity contribution in [2.24, 2.45) is 0 Å². The average molecular weight is 268 g/mol. The Morgan fingerprint density at radius 3 is 2.74 bits per heavy atom. The van der Waals surface area contributed by atoms with Crippen molar-refractivity contribution in [3.63, 3.8) is 0 Å². The zero-order chi connectivity index (χ0) is 12.9. The van der Waals surface area contributed by atoms with E-state index in [0.717, 1.165) is 22.8 Å². The minimum Gasteiger partial charge on any atom is -0.295 e. The number of pyridine rings is 1. The third-order valence-electron chi connectivity index (χ3n) is 3.09. The first-order valence-corrected chi connectivity index (χ1v) is 7.51. The number of aryl methyl sites for hydroxylation is 1. The molecule has 0 aliphatic carbocycles. The van der Waals surface area contributed by atoms with Gasteiger partial charge in [0.1, 0.15) is 0 Å². The molecule has 0 unspecified atom stereocenters. The van der Waals surface area contributed by atoms with E-state index in [1.54, 1.807) is 0 Å². The molecule has 96 valence electrons. The van der Waals surface area contributed by atoms with Gasteiger partial charge in [0.15, 0.2) is 5.16 Å². The first-order chi connectivity index (χ1) is 9.43. The number of hydrogen-bond acceptors (Lipinski definition) is 2. The maximum Gasteiger partial charge on any atom is 0.172 e. The van der Waals surface area contributed by atoms with E-state index in [9.17, 15) is 0 Å². The summed E-state index contributed by atoms with van der Waals surface area (Å²) in [5, 5.41) is 1.09. The summed E-state index contributed by atoms with van der Waals surface area (Å²) in [4.78, 5) is 4.47. The van der Waals surface area contributed by atoms with Crippen LogP contribution in [0.1, 0.15) is 12.0 Å². The number of thioether (sulfide) groups is 1. The van der Waals surface area contributed by atoms with Crippen molar-refractivity contribution in [1.82, 2.24) is 9.38 Å². The number of fused-ring (bicyclic) bond motifs is 1. The van der Waals surface area contributed by atoms with E-state index < -0.39 is 0 Å². The second-order valence-corrected chi connectivity index (χ2v) is 5.54. The highest BCUT2D eigenvalue weighted by atomic mass is 32.2. The Morgan fingerprint density at radius 1 is 1.00 bits per heavy atom. The van der Waals surface area contributed by atoms with Crippen LogP contribution < -0.4 is 0 Å². The standard InChI is InChI=1S/C16H16N2S/c1-2-7-14(8-3-1)9-6-12-19-16-17-13-15-10-4-5-11-18(15)16/h1-5,7-8,10-11,13H,6,9,12H2. The summed E-state index contributed by atoms with van der Waals surface area (Å²) in [6.45, 7) is 0. The van der Waals surface area contributed by atoms with Crippen LogP contribution in [0.2, 0.25) is 0 Å². The van der Waals surface area contributed by atoms with Gasteiger partial charge < -0.3 is 0 Å². The molecular formula is C16H16N2S. The molecule has 0 saturated heterocycles. The van der Waals surface area contributed by atoms with Gasteiger partial charge in [-0.3, -0.25) is 4.40 Å². The highest BCUT2D eigenvalue weighted by Gasteiger charge is 2.02. The predicted molar refractivity (Wildman–Crippen MR) is 80.7 cm³/mol. The lowest BCUT2D eigenvalue weighted by Crippen LogP contribution is -1.90. The number of hydrogen-bond donors (Lipinski definition) is 0. The van der Waals surface area contributed by atoms with E-state index in [0.29, 0.717) is 0 Å². The minimum atomic E-state index is 1.09. The van der Waals surface area contributed by atoms with Crippen molar-refractivity contribution in [1.29, 1.82) is 0 Å². The second-order valence-electron chi connectivity index (χ2n) is 4.47. The first-order valence-electron chi connectivity index (χ1n) is 6.52. The third-order valence-corrected chi connectivity index (χ3v) is 4.14. The van der Waals surface area contributed by atoms with E-state index in [4.69, 9.17) is 0 Å². The van der Waals surface area contributed by atoms with E-state index in [1.807, 2.05) is 30.1 Å². The molecule has 2 aromatic heterocycles. The molecule has 3 aromatic rings. The largest absolute Gasteiger partial charge is 0.295 e. The Bertz CT molecular complexity index is 646. The van der Waals surface area contributed by atoms with Gasteiger partial charge in [-0.05, 0) is 30.5 Å². The molecule has 3 heteroatoms. The normalized spacial score (nSPS) is 10.9. The number of benzene rings is 1. The van der Waals surface area contributed by atoms with Crippen LogP contribution in [0.25, 0.3) is 5.52 Å². The molecule has 1 aromatic carbocycles. The second kappa shape index (κ2) is 5.93. The summed E-state index contributed by atoms with van der Waals surface area (Å²) in [5.74, 6) is 1.10. The van der Waals surface area contributed by atoms with Crippen LogP contribution in [0.5, 0.6) is 0 Å². The smallest absolute Gasteiger partial charge is 0.172 e. The van der Waals surface area contributed by atoms with Crippen LogP contribution in [-0.4, -0.2) is 15.1 Å². The van der Waals surface area contributed by atoms with Gasteiger partial charge in [0, 0.05) is 11.9 Å². The van der Waals surface area contributed by atoms with Gasteiger partial charge >= 0.3 is 0 Å². The van der Waals surface area contributed by atoms with Crippen LogP contribution >= 0.6 is 11.8 Å². The summed E-state index contributed by atoms with van der Waals surface area (Å²) in [7, 11) is 0. The van der Waals surface area contributed by atoms with Gasteiger partial charge in [-0.2, -0.15) is 0 Å². The SMILES string of the molecule is c1ccc(CCCSc2ncc3ccccn23)cc1. The van der Waals surface area contributed by atoms with Crippen LogP contribution in [0.15, 0.2) is 66.1 Å². The fraction of sp³-hybridized carbons (Fsp3) is 0.188. The van der Waals surface area contributed by atoms with Crippen molar-refractivity contribution >= 4 is 17.3 Å². The summed E-state index contributed by atoms with van der Waals surface area (Å²) in [6, 6.07) is 16.8. The Hall–Kier alpha value is -1.74. The zero-order valence-corrected chi connectivity index (χ0v) is 11.5. The molecule has 0 aliphatic heterocycles. The molecular weight excluding hydrogens is 252 g/mol. The Kier molecular flexibility index (Phi) is 3.84. The molecule has 19 heavy (non-hydrogen) atoms. The molecule has 0 atom stereocenters. The zero-order valence-electron chi connectivity index (χ0n) is 10.7. The minimum absolute atomic E-state index is 1.09. The predicted octanol–water partition coefficient (Wildman–Crippen LogP) is 4.06. The van der Waals surface area contributed by atoms with E-state index in [1.165, 1.54) is 12.0 Å². The molecule has 3 rings (SSSR count). The Labute approximate surface area is 117 Å².